The van der Waals surface area contributed by atoms with Crippen LogP contribution in [0.25, 0.3) is 5.57 Å². The van der Waals surface area contributed by atoms with Gasteiger partial charge in [0.2, 0.25) is 5.36 Å². The van der Waals surface area contributed by atoms with Crippen molar-refractivity contribution in [1.82, 2.24) is 4.58 Å². The molecule has 0 saturated heterocycles. The Morgan fingerprint density at radius 3 is 2.39 bits per heavy atom. The van der Waals surface area contributed by atoms with Gasteiger partial charge in [-0.25, -0.2) is 4.58 Å². The number of benzene rings is 3. The van der Waals surface area contributed by atoms with Crippen LogP contribution in [0.2, 0.25) is 13.1 Å². The van der Waals surface area contributed by atoms with Crippen molar-refractivity contribution in [2.45, 2.75) is 19.3 Å². The van der Waals surface area contributed by atoms with E-state index in [1.807, 2.05) is 12.1 Å². The predicted molar refractivity (Wildman–Crippen MR) is 151 cm³/mol. The van der Waals surface area contributed by atoms with Crippen molar-refractivity contribution >= 4 is 35.7 Å². The number of carboxylic acid groups (broad SMARTS) is 1. The van der Waals surface area contributed by atoms with Gasteiger partial charge >= 0.3 is 6.18 Å². The zero-order chi connectivity index (χ0) is 29.7. The summed E-state index contributed by atoms with van der Waals surface area (Å²) in [5.41, 5.74) is 4.75. The van der Waals surface area contributed by atoms with Gasteiger partial charge in [0.25, 0.3) is 0 Å². The number of anilines is 1. The predicted octanol–water partition coefficient (Wildman–Crippen LogP) is 0.719. The third-order valence-electron chi connectivity index (χ3n) is 7.88. The van der Waals surface area contributed by atoms with E-state index >= 15 is 0 Å². The number of carbonyl (C=O) groups excluding carboxylic acids is 1. The van der Waals surface area contributed by atoms with Gasteiger partial charge in [-0.2, -0.15) is 13.2 Å². The number of carboxylic acids is 1. The minimum Gasteiger partial charge on any atom is -0.542 e. The highest BCUT2D eigenvalue weighted by Crippen LogP contribution is 2.37. The highest BCUT2D eigenvalue weighted by atomic mass is 28.3. The Hall–Kier alpha value is -3.99. The zero-order valence-corrected chi connectivity index (χ0v) is 24.5. The summed E-state index contributed by atoms with van der Waals surface area (Å²) in [4.78, 5) is 11.1. The average molecular weight is 585 g/mol. The minimum atomic E-state index is -5.19. The number of para-hydroxylation sites is 1. The lowest BCUT2D eigenvalue weighted by Gasteiger charge is -2.36. The summed E-state index contributed by atoms with van der Waals surface area (Å²) in [7, 11) is 4.03. The fraction of sp³-hybridized carbons (Fsp3) is 0.333. The molecule has 3 aromatic rings. The maximum absolute atomic E-state index is 10.5. The molecule has 3 aromatic carbocycles. The molecular formula is C30H31F3N2O5Si. The Bertz CT molecular complexity index is 1670. The Morgan fingerprint density at radius 2 is 1.71 bits per heavy atom. The molecule has 0 atom stereocenters. The third kappa shape index (κ3) is 5.03. The van der Waals surface area contributed by atoms with E-state index in [0.717, 1.165) is 35.9 Å². The van der Waals surface area contributed by atoms with E-state index in [4.69, 9.17) is 24.1 Å². The summed E-state index contributed by atoms with van der Waals surface area (Å²) < 4.78 is 52.0. The number of aliphatic carboxylic acids is 1. The number of alkyl halides is 3. The lowest BCUT2D eigenvalue weighted by atomic mass is 9.93. The van der Waals surface area contributed by atoms with Gasteiger partial charge in [0.15, 0.2) is 12.3 Å². The molecule has 0 saturated carbocycles. The SMILES string of the molecule is COc1ccccc1C1=c2cc3c(cc2[Si](C)(C)c2cc4c(cc21)OCCN4C)=[N+](C)CCO3.O=C([O-])C(F)(F)F. The van der Waals surface area contributed by atoms with Crippen LogP contribution in [0.1, 0.15) is 11.1 Å². The standard InChI is InChI=1S/C28H31N2O3Si.C2HF3O2/c1-29-10-12-32-24-14-19-26(16-21(24)29)34(4,5)27-17-22-25(33-13-11-30(22)2)15-20(27)28(19)18-8-6-7-9-23(18)31-3;3-2(4,5)1(6)7/h6-9,14-17H,10-13H2,1-5H3;(H,6,7)/q+1;/p-1. The molecule has 3 aliphatic heterocycles. The van der Waals surface area contributed by atoms with Crippen LogP contribution < -0.4 is 49.7 Å². The summed E-state index contributed by atoms with van der Waals surface area (Å²) in [6.07, 6.45) is -5.19. The molecular weight excluding hydrogens is 553 g/mol. The number of carbonyl (C=O) groups is 1. The number of halogens is 3. The molecule has 3 heterocycles. The Morgan fingerprint density at radius 1 is 1.02 bits per heavy atom. The second kappa shape index (κ2) is 10.4. The first-order chi connectivity index (χ1) is 19.3. The summed E-state index contributed by atoms with van der Waals surface area (Å²) in [6, 6.07) is 17.7. The molecule has 0 amide bonds. The van der Waals surface area contributed by atoms with Crippen LogP contribution in [0.15, 0.2) is 48.5 Å². The number of likely N-dealkylation sites (N-methyl/N-ethyl adjacent to an activating group) is 2. The number of methoxy groups -OCH3 is 1. The van der Waals surface area contributed by atoms with Crippen LogP contribution in [0.3, 0.4) is 0 Å². The molecule has 216 valence electrons. The van der Waals surface area contributed by atoms with E-state index in [1.165, 1.54) is 37.8 Å². The number of nitrogens with zero attached hydrogens (tertiary/aromatic N) is 2. The molecule has 41 heavy (non-hydrogen) atoms. The van der Waals surface area contributed by atoms with Gasteiger partial charge < -0.3 is 29.0 Å². The molecule has 11 heteroatoms. The van der Waals surface area contributed by atoms with Gasteiger partial charge in [-0.1, -0.05) is 31.3 Å². The van der Waals surface area contributed by atoms with E-state index in [2.05, 4.69) is 73.1 Å². The average Bonchev–Trinajstić information content (AvgIpc) is 2.92. The highest BCUT2D eigenvalue weighted by molar-refractivity contribution is 7.01. The Labute approximate surface area is 236 Å². The van der Waals surface area contributed by atoms with Crippen LogP contribution in [-0.2, 0) is 4.79 Å². The molecule has 0 spiro atoms. The van der Waals surface area contributed by atoms with E-state index in [1.54, 1.807) is 7.11 Å². The Balaban J connectivity index is 0.000000431. The first-order valence-electron chi connectivity index (χ1n) is 13.2. The first-order valence-corrected chi connectivity index (χ1v) is 16.2. The largest absolute Gasteiger partial charge is 0.542 e. The number of hydrogen-bond donors (Lipinski definition) is 0. The number of rotatable bonds is 2. The fourth-order valence-corrected chi connectivity index (χ4v) is 8.70. The second-order valence-electron chi connectivity index (χ2n) is 10.8. The molecule has 0 radical (unpaired) electrons. The molecule has 0 aromatic heterocycles. The normalized spacial score (nSPS) is 16.5. The lowest BCUT2D eigenvalue weighted by molar-refractivity contribution is -0.344. The van der Waals surface area contributed by atoms with Crippen molar-refractivity contribution in [3.8, 4) is 17.2 Å². The van der Waals surface area contributed by atoms with Gasteiger partial charge in [0, 0.05) is 18.7 Å². The second-order valence-corrected chi connectivity index (χ2v) is 15.1. The third-order valence-corrected chi connectivity index (χ3v) is 11.4. The minimum absolute atomic E-state index is 0.706. The molecule has 0 bridgehead atoms. The van der Waals surface area contributed by atoms with Gasteiger partial charge in [-0.15, -0.1) is 0 Å². The molecule has 3 aliphatic rings. The number of hydrogen-bond acceptors (Lipinski definition) is 6. The van der Waals surface area contributed by atoms with E-state index in [0.29, 0.717) is 13.2 Å². The van der Waals surface area contributed by atoms with Gasteiger partial charge in [-0.3, -0.25) is 0 Å². The van der Waals surface area contributed by atoms with Crippen molar-refractivity contribution in [1.29, 1.82) is 0 Å². The molecule has 0 unspecified atom stereocenters. The van der Waals surface area contributed by atoms with E-state index in [-0.39, 0.29) is 0 Å². The molecule has 6 rings (SSSR count). The van der Waals surface area contributed by atoms with Crippen LogP contribution in [0, 0.1) is 0 Å². The monoisotopic (exact) mass is 584 g/mol. The van der Waals surface area contributed by atoms with Crippen molar-refractivity contribution in [3.05, 3.63) is 70.2 Å². The van der Waals surface area contributed by atoms with Gasteiger partial charge in [0.05, 0.1) is 19.3 Å². The van der Waals surface area contributed by atoms with Gasteiger partial charge in [-0.05, 0) is 51.0 Å². The summed E-state index contributed by atoms with van der Waals surface area (Å²) in [5, 5.41) is 14.1. The highest BCUT2D eigenvalue weighted by Gasteiger charge is 2.38. The molecule has 0 fully saturated rings. The maximum atomic E-state index is 10.5. The van der Waals surface area contributed by atoms with Gasteiger partial charge in [0.1, 0.15) is 45.8 Å². The molecule has 0 N–H and O–H groups in total. The van der Waals surface area contributed by atoms with E-state index < -0.39 is 20.2 Å². The summed E-state index contributed by atoms with van der Waals surface area (Å²) >= 11 is 0. The van der Waals surface area contributed by atoms with Crippen LogP contribution in [0.4, 0.5) is 18.9 Å². The van der Waals surface area contributed by atoms with E-state index in [9.17, 15) is 13.2 Å². The van der Waals surface area contributed by atoms with Crippen LogP contribution >= 0.6 is 0 Å². The fourth-order valence-electron chi connectivity index (χ4n) is 5.67. The number of ether oxygens (including phenoxy) is 3. The van der Waals surface area contributed by atoms with Crippen molar-refractivity contribution in [3.63, 3.8) is 0 Å². The lowest BCUT2D eigenvalue weighted by Crippen LogP contribution is -2.64. The van der Waals surface area contributed by atoms with Crippen LogP contribution in [-0.4, -0.2) is 67.7 Å². The maximum Gasteiger partial charge on any atom is 0.430 e. The molecule has 7 nitrogen and oxygen atoms in total. The zero-order valence-electron chi connectivity index (χ0n) is 23.5. The number of fused-ring (bicyclic) bond motifs is 4. The molecule has 0 aliphatic carbocycles. The van der Waals surface area contributed by atoms with Crippen molar-refractivity contribution in [2.24, 2.45) is 0 Å². The van der Waals surface area contributed by atoms with Crippen molar-refractivity contribution in [2.75, 3.05) is 52.4 Å². The summed E-state index contributed by atoms with van der Waals surface area (Å²) in [5.74, 6) is -0.209. The quantitative estimate of drug-likeness (QED) is 0.327. The first kappa shape index (κ1) is 28.5. The van der Waals surface area contributed by atoms with Crippen LogP contribution in [0.5, 0.6) is 17.2 Å². The topological polar surface area (TPSA) is 74.1 Å². The summed E-state index contributed by atoms with van der Waals surface area (Å²) in [6.45, 7) is 8.16. The van der Waals surface area contributed by atoms with Crippen molar-refractivity contribution < 1.29 is 37.3 Å². The smallest absolute Gasteiger partial charge is 0.430 e. The Kier molecular flexibility index (Phi) is 7.27.